The molecule has 0 atom stereocenters. The number of alkyl halides is 2. The van der Waals surface area contributed by atoms with E-state index in [1.807, 2.05) is 0 Å². The lowest BCUT2D eigenvalue weighted by Crippen LogP contribution is -2.23. The summed E-state index contributed by atoms with van der Waals surface area (Å²) in [6.45, 7) is 3.25. The summed E-state index contributed by atoms with van der Waals surface area (Å²) in [6.07, 6.45) is 0.567. The minimum absolute atomic E-state index is 0.347. The third-order valence-electron chi connectivity index (χ3n) is 2.00. The molecule has 0 bridgehead atoms. The highest BCUT2D eigenvalue weighted by molar-refractivity contribution is 6.67. The summed E-state index contributed by atoms with van der Waals surface area (Å²) >= 11 is 5.48. The van der Waals surface area contributed by atoms with Crippen molar-refractivity contribution in [3.05, 3.63) is 36.9 Å². The Morgan fingerprint density at radius 2 is 2.06 bits per heavy atom. The van der Waals surface area contributed by atoms with Gasteiger partial charge in [0.2, 0.25) is 0 Å². The van der Waals surface area contributed by atoms with Crippen molar-refractivity contribution in [2.45, 2.75) is 12.3 Å². The van der Waals surface area contributed by atoms with Crippen molar-refractivity contribution in [1.82, 2.24) is 0 Å². The summed E-state index contributed by atoms with van der Waals surface area (Å²) < 4.78 is 31.5. The number of aliphatic imine (C=N–C) groups is 1. The summed E-state index contributed by atoms with van der Waals surface area (Å²) in [4.78, 5) is 3.65. The van der Waals surface area contributed by atoms with Gasteiger partial charge in [-0.25, -0.2) is 4.99 Å². The molecule has 0 aliphatic carbocycles. The quantitative estimate of drug-likeness (QED) is 0.574. The summed E-state index contributed by atoms with van der Waals surface area (Å²) in [5.41, 5.74) is 0.347. The first-order valence-electron chi connectivity index (χ1n) is 4.87. The molecule has 0 spiro atoms. The largest absolute Gasteiger partial charge is 0.497 e. The van der Waals surface area contributed by atoms with Crippen LogP contribution in [0, 0.1) is 0 Å². The Morgan fingerprint density at radius 3 is 2.53 bits per heavy atom. The highest BCUT2D eigenvalue weighted by Crippen LogP contribution is 2.27. The molecule has 1 rings (SSSR count). The van der Waals surface area contributed by atoms with Crippen LogP contribution in [0.2, 0.25) is 0 Å². The molecular formula is C12H12ClF2NO. The predicted molar refractivity (Wildman–Crippen MR) is 65.7 cm³/mol. The molecule has 0 N–H and O–H groups in total. The normalized spacial score (nSPS) is 12.4. The molecular weight excluding hydrogens is 248 g/mol. The third-order valence-corrected chi connectivity index (χ3v) is 2.36. The molecule has 5 heteroatoms. The molecule has 0 amide bonds. The third kappa shape index (κ3) is 3.82. The van der Waals surface area contributed by atoms with E-state index in [2.05, 4.69) is 11.6 Å². The first-order chi connectivity index (χ1) is 7.99. The highest BCUT2D eigenvalue weighted by atomic mass is 35.5. The highest BCUT2D eigenvalue weighted by Gasteiger charge is 2.33. The minimum atomic E-state index is -3.18. The lowest BCUT2D eigenvalue weighted by Gasteiger charge is -2.11. The Hall–Kier alpha value is -1.42. The summed E-state index contributed by atoms with van der Waals surface area (Å²) in [5.74, 6) is -2.55. The average Bonchev–Trinajstić information content (AvgIpc) is 2.30. The molecule has 0 radical (unpaired) electrons. The Balaban J connectivity index is 2.89. The van der Waals surface area contributed by atoms with Crippen LogP contribution in [0.5, 0.6) is 5.75 Å². The Kier molecular flexibility index (Phi) is 4.63. The summed E-state index contributed by atoms with van der Waals surface area (Å²) in [7, 11) is 1.52. The van der Waals surface area contributed by atoms with Crippen LogP contribution in [0.3, 0.4) is 0 Å². The molecule has 0 aromatic heterocycles. The molecule has 0 fully saturated rings. The number of hydrogen-bond donors (Lipinski definition) is 0. The predicted octanol–water partition coefficient (Wildman–Crippen LogP) is 4.18. The van der Waals surface area contributed by atoms with E-state index in [0.717, 1.165) is 6.08 Å². The summed E-state index contributed by atoms with van der Waals surface area (Å²) in [6, 6.07) is 6.33. The van der Waals surface area contributed by atoms with E-state index >= 15 is 0 Å². The summed E-state index contributed by atoms with van der Waals surface area (Å²) in [5, 5.41) is -0.748. The minimum Gasteiger partial charge on any atom is -0.497 e. The molecule has 0 aliphatic rings. The number of allylic oxidation sites excluding steroid dienone is 1. The van der Waals surface area contributed by atoms with E-state index in [1.165, 1.54) is 7.11 Å². The fraction of sp³-hybridized carbons (Fsp3) is 0.250. The van der Waals surface area contributed by atoms with Gasteiger partial charge in [0, 0.05) is 6.42 Å². The number of rotatable bonds is 5. The standard InChI is InChI=1S/C12H12ClF2NO/c1-3-8-12(14,15)11(13)16-9-4-6-10(17-2)7-5-9/h3-7H,1,8H2,2H3. The molecule has 17 heavy (non-hydrogen) atoms. The monoisotopic (exact) mass is 259 g/mol. The van der Waals surface area contributed by atoms with Crippen LogP contribution >= 0.6 is 11.6 Å². The molecule has 92 valence electrons. The second-order valence-electron chi connectivity index (χ2n) is 3.30. The van der Waals surface area contributed by atoms with Gasteiger partial charge in [0.25, 0.3) is 0 Å². The number of nitrogens with zero attached hydrogens (tertiary/aromatic N) is 1. The van der Waals surface area contributed by atoms with Crippen molar-refractivity contribution in [2.75, 3.05) is 7.11 Å². The Morgan fingerprint density at radius 1 is 1.47 bits per heavy atom. The average molecular weight is 260 g/mol. The number of benzene rings is 1. The maximum absolute atomic E-state index is 13.3. The maximum Gasteiger partial charge on any atom is 0.303 e. The zero-order valence-electron chi connectivity index (χ0n) is 9.29. The van der Waals surface area contributed by atoms with Gasteiger partial charge in [-0.2, -0.15) is 8.78 Å². The van der Waals surface area contributed by atoms with Crippen LogP contribution in [0.15, 0.2) is 41.9 Å². The van der Waals surface area contributed by atoms with Gasteiger partial charge in [-0.3, -0.25) is 0 Å². The second kappa shape index (κ2) is 5.77. The van der Waals surface area contributed by atoms with Gasteiger partial charge >= 0.3 is 5.92 Å². The van der Waals surface area contributed by atoms with Crippen LogP contribution in [0.1, 0.15) is 6.42 Å². The van der Waals surface area contributed by atoms with Crippen molar-refractivity contribution in [1.29, 1.82) is 0 Å². The molecule has 0 heterocycles. The van der Waals surface area contributed by atoms with E-state index in [1.54, 1.807) is 24.3 Å². The lowest BCUT2D eigenvalue weighted by atomic mass is 10.2. The van der Waals surface area contributed by atoms with E-state index in [0.29, 0.717) is 11.4 Å². The molecule has 2 nitrogen and oxygen atoms in total. The van der Waals surface area contributed by atoms with E-state index in [-0.39, 0.29) is 0 Å². The number of halogens is 3. The zero-order chi connectivity index (χ0) is 12.9. The van der Waals surface area contributed by atoms with Crippen LogP contribution in [-0.2, 0) is 0 Å². The van der Waals surface area contributed by atoms with E-state index < -0.39 is 17.5 Å². The topological polar surface area (TPSA) is 21.6 Å². The fourth-order valence-corrected chi connectivity index (χ4v) is 1.29. The van der Waals surface area contributed by atoms with Gasteiger partial charge in [0.05, 0.1) is 12.8 Å². The zero-order valence-corrected chi connectivity index (χ0v) is 10.0. The van der Waals surface area contributed by atoms with Gasteiger partial charge in [0.1, 0.15) is 5.75 Å². The molecule has 0 saturated carbocycles. The van der Waals surface area contributed by atoms with Gasteiger partial charge in [-0.1, -0.05) is 17.7 Å². The SMILES string of the molecule is C=CCC(F)(F)C(Cl)=Nc1ccc(OC)cc1. The van der Waals surface area contributed by atoms with Crippen molar-refractivity contribution < 1.29 is 13.5 Å². The van der Waals surface area contributed by atoms with Crippen molar-refractivity contribution >= 4 is 22.5 Å². The molecule has 0 unspecified atom stereocenters. The maximum atomic E-state index is 13.3. The molecule has 1 aromatic rings. The number of methoxy groups -OCH3 is 1. The van der Waals surface area contributed by atoms with Crippen LogP contribution in [0.25, 0.3) is 0 Å². The van der Waals surface area contributed by atoms with Crippen molar-refractivity contribution in [3.8, 4) is 5.75 Å². The van der Waals surface area contributed by atoms with Crippen LogP contribution in [-0.4, -0.2) is 18.2 Å². The van der Waals surface area contributed by atoms with Gasteiger partial charge in [0.15, 0.2) is 5.17 Å². The van der Waals surface area contributed by atoms with Crippen molar-refractivity contribution in [2.24, 2.45) is 4.99 Å². The first-order valence-corrected chi connectivity index (χ1v) is 5.25. The Labute approximate surface area is 104 Å². The van der Waals surface area contributed by atoms with Gasteiger partial charge in [-0.05, 0) is 24.3 Å². The first kappa shape index (κ1) is 13.6. The lowest BCUT2D eigenvalue weighted by molar-refractivity contribution is 0.0851. The van der Waals surface area contributed by atoms with E-state index in [9.17, 15) is 8.78 Å². The fourth-order valence-electron chi connectivity index (χ4n) is 1.12. The van der Waals surface area contributed by atoms with Gasteiger partial charge in [-0.15, -0.1) is 6.58 Å². The Bertz CT molecular complexity index is 415. The number of hydrogen-bond acceptors (Lipinski definition) is 2. The van der Waals surface area contributed by atoms with Crippen LogP contribution < -0.4 is 4.74 Å². The molecule has 0 saturated heterocycles. The van der Waals surface area contributed by atoms with Crippen molar-refractivity contribution in [3.63, 3.8) is 0 Å². The second-order valence-corrected chi connectivity index (χ2v) is 3.66. The van der Waals surface area contributed by atoms with Crippen LogP contribution in [0.4, 0.5) is 14.5 Å². The smallest absolute Gasteiger partial charge is 0.303 e. The molecule has 0 aliphatic heterocycles. The van der Waals surface area contributed by atoms with E-state index in [4.69, 9.17) is 16.3 Å². The number of ether oxygens (including phenoxy) is 1. The molecule has 1 aromatic carbocycles. The van der Waals surface area contributed by atoms with Gasteiger partial charge < -0.3 is 4.74 Å².